The van der Waals surface area contributed by atoms with Gasteiger partial charge in [-0.25, -0.2) is 4.79 Å². The lowest BCUT2D eigenvalue weighted by atomic mass is 9.93. The average Bonchev–Trinajstić information content (AvgIpc) is 2.93. The number of allylic oxidation sites excluding steroid dienone is 3. The summed E-state index contributed by atoms with van der Waals surface area (Å²) in [4.78, 5) is 11.7. The molecule has 0 spiro atoms. The van der Waals surface area contributed by atoms with E-state index in [9.17, 15) is 4.79 Å². The molecule has 1 aromatic carbocycles. The Hall–Kier alpha value is -1.83. The number of carbonyl (C=O) groups is 1. The van der Waals surface area contributed by atoms with Gasteiger partial charge in [-0.15, -0.1) is 0 Å². The zero-order chi connectivity index (χ0) is 14.4. The van der Waals surface area contributed by atoms with Crippen LogP contribution in [0, 0.1) is 11.8 Å². The fourth-order valence-electron chi connectivity index (χ4n) is 2.40. The summed E-state index contributed by atoms with van der Waals surface area (Å²) in [6.45, 7) is 4.87. The lowest BCUT2D eigenvalue weighted by Crippen LogP contribution is -2.05. The molecule has 0 aromatic heterocycles. The van der Waals surface area contributed by atoms with Crippen LogP contribution in [0.4, 0.5) is 0 Å². The Morgan fingerprint density at radius 1 is 1.35 bits per heavy atom. The van der Waals surface area contributed by atoms with Crippen molar-refractivity contribution in [1.29, 1.82) is 0 Å². The number of benzene rings is 1. The van der Waals surface area contributed by atoms with Crippen LogP contribution in [0.3, 0.4) is 0 Å². The third kappa shape index (κ3) is 4.09. The second-order valence-corrected chi connectivity index (χ2v) is 5.59. The molecule has 0 fully saturated rings. The lowest BCUT2D eigenvalue weighted by molar-refractivity contribution is 0.0549. The first-order valence-corrected chi connectivity index (χ1v) is 7.24. The number of hydrogen-bond acceptors (Lipinski definition) is 2. The molecule has 0 heterocycles. The zero-order valence-electron chi connectivity index (χ0n) is 12.2. The van der Waals surface area contributed by atoms with Crippen LogP contribution in [0.2, 0.25) is 0 Å². The van der Waals surface area contributed by atoms with Gasteiger partial charge in [0.2, 0.25) is 0 Å². The Balaban J connectivity index is 1.74. The van der Waals surface area contributed by atoms with E-state index < -0.39 is 0 Å². The van der Waals surface area contributed by atoms with Crippen molar-refractivity contribution in [3.63, 3.8) is 0 Å². The van der Waals surface area contributed by atoms with E-state index in [1.807, 2.05) is 24.3 Å². The van der Waals surface area contributed by atoms with Crippen LogP contribution in [0.25, 0.3) is 0 Å². The molecule has 1 aromatic rings. The van der Waals surface area contributed by atoms with Crippen molar-refractivity contribution in [1.82, 2.24) is 0 Å². The first-order valence-electron chi connectivity index (χ1n) is 7.24. The highest BCUT2D eigenvalue weighted by molar-refractivity contribution is 5.89. The van der Waals surface area contributed by atoms with Gasteiger partial charge in [-0.2, -0.15) is 0 Å². The minimum atomic E-state index is -0.268. The fraction of sp³-hybridized carbons (Fsp3) is 0.389. The van der Waals surface area contributed by atoms with E-state index in [0.29, 0.717) is 12.2 Å². The lowest BCUT2D eigenvalue weighted by Gasteiger charge is -2.13. The molecule has 1 aliphatic rings. The Morgan fingerprint density at radius 3 is 2.75 bits per heavy atom. The second-order valence-electron chi connectivity index (χ2n) is 5.59. The van der Waals surface area contributed by atoms with Crippen LogP contribution in [0.15, 0.2) is 54.1 Å². The quantitative estimate of drug-likeness (QED) is 0.742. The second kappa shape index (κ2) is 7.09. The monoisotopic (exact) mass is 270 g/mol. The van der Waals surface area contributed by atoms with Gasteiger partial charge in [0.25, 0.3) is 0 Å². The van der Waals surface area contributed by atoms with E-state index in [1.165, 1.54) is 12.0 Å². The van der Waals surface area contributed by atoms with Crippen molar-refractivity contribution in [2.45, 2.75) is 26.7 Å². The molecule has 1 aliphatic carbocycles. The minimum Gasteiger partial charge on any atom is -0.458 e. The number of carbonyl (C=O) groups excluding carboxylic acids is 1. The van der Waals surface area contributed by atoms with Crippen LogP contribution in [-0.2, 0) is 4.74 Å². The van der Waals surface area contributed by atoms with E-state index in [-0.39, 0.29) is 5.97 Å². The number of ether oxygens (including phenoxy) is 1. The van der Waals surface area contributed by atoms with Crippen molar-refractivity contribution < 1.29 is 9.53 Å². The van der Waals surface area contributed by atoms with E-state index in [4.69, 9.17) is 4.74 Å². The van der Waals surface area contributed by atoms with Gasteiger partial charge >= 0.3 is 5.97 Å². The smallest absolute Gasteiger partial charge is 0.338 e. The normalized spacial score (nSPS) is 18.6. The first-order chi connectivity index (χ1) is 9.66. The molecule has 2 rings (SSSR count). The summed E-state index contributed by atoms with van der Waals surface area (Å²) in [5.74, 6) is 1.23. The SMILES string of the molecule is CC(C)C1CC=C(/C=C/COC(=O)c2ccccc2)C1. The van der Waals surface area contributed by atoms with Gasteiger partial charge in [-0.1, -0.05) is 49.8 Å². The van der Waals surface area contributed by atoms with Crippen molar-refractivity contribution >= 4 is 5.97 Å². The van der Waals surface area contributed by atoms with Crippen molar-refractivity contribution in [3.05, 3.63) is 59.7 Å². The van der Waals surface area contributed by atoms with E-state index in [2.05, 4.69) is 26.0 Å². The maximum absolute atomic E-state index is 11.7. The van der Waals surface area contributed by atoms with E-state index in [0.717, 1.165) is 18.3 Å². The molecule has 2 heteroatoms. The highest BCUT2D eigenvalue weighted by Crippen LogP contribution is 2.31. The summed E-state index contributed by atoms with van der Waals surface area (Å²) < 4.78 is 5.21. The molecular weight excluding hydrogens is 248 g/mol. The summed E-state index contributed by atoms with van der Waals surface area (Å²) in [5, 5.41) is 0. The number of rotatable bonds is 5. The van der Waals surface area contributed by atoms with Gasteiger partial charge in [0.05, 0.1) is 5.56 Å². The summed E-state index contributed by atoms with van der Waals surface area (Å²) >= 11 is 0. The summed E-state index contributed by atoms with van der Waals surface area (Å²) in [6.07, 6.45) is 8.61. The molecule has 0 amide bonds. The fourth-order valence-corrected chi connectivity index (χ4v) is 2.40. The van der Waals surface area contributed by atoms with Crippen molar-refractivity contribution in [3.8, 4) is 0 Å². The van der Waals surface area contributed by atoms with Gasteiger partial charge in [0.15, 0.2) is 0 Å². The summed E-state index contributed by atoms with van der Waals surface area (Å²) in [5.41, 5.74) is 1.96. The topological polar surface area (TPSA) is 26.3 Å². The Labute approximate surface area is 121 Å². The summed E-state index contributed by atoms with van der Waals surface area (Å²) in [6, 6.07) is 9.08. The number of hydrogen-bond donors (Lipinski definition) is 0. The van der Waals surface area contributed by atoms with E-state index in [1.54, 1.807) is 12.1 Å². The molecule has 1 atom stereocenters. The highest BCUT2D eigenvalue weighted by Gasteiger charge is 2.18. The largest absolute Gasteiger partial charge is 0.458 e. The van der Waals surface area contributed by atoms with Crippen LogP contribution in [0.1, 0.15) is 37.0 Å². The van der Waals surface area contributed by atoms with Crippen LogP contribution in [0.5, 0.6) is 0 Å². The summed E-state index contributed by atoms with van der Waals surface area (Å²) in [7, 11) is 0. The van der Waals surface area contributed by atoms with Gasteiger partial charge in [-0.05, 0) is 42.9 Å². The molecule has 0 saturated heterocycles. The molecule has 0 radical (unpaired) electrons. The zero-order valence-corrected chi connectivity index (χ0v) is 12.2. The van der Waals surface area contributed by atoms with E-state index >= 15 is 0 Å². The molecule has 1 unspecified atom stereocenters. The molecule has 0 aliphatic heterocycles. The maximum atomic E-state index is 11.7. The predicted octanol–water partition coefficient (Wildman–Crippen LogP) is 4.39. The number of esters is 1. The molecule has 20 heavy (non-hydrogen) atoms. The van der Waals surface area contributed by atoms with Gasteiger partial charge in [-0.3, -0.25) is 0 Å². The molecule has 106 valence electrons. The molecule has 0 N–H and O–H groups in total. The van der Waals surface area contributed by atoms with Crippen LogP contribution >= 0.6 is 0 Å². The average molecular weight is 270 g/mol. The Morgan fingerprint density at radius 2 is 2.10 bits per heavy atom. The highest BCUT2D eigenvalue weighted by atomic mass is 16.5. The predicted molar refractivity (Wildman–Crippen MR) is 81.5 cm³/mol. The molecule has 0 saturated carbocycles. The van der Waals surface area contributed by atoms with Crippen LogP contribution < -0.4 is 0 Å². The molecule has 2 nitrogen and oxygen atoms in total. The van der Waals surface area contributed by atoms with Gasteiger partial charge in [0.1, 0.15) is 6.61 Å². The van der Waals surface area contributed by atoms with Crippen molar-refractivity contribution in [2.24, 2.45) is 11.8 Å². The van der Waals surface area contributed by atoms with Gasteiger partial charge < -0.3 is 4.74 Å². The first kappa shape index (κ1) is 14.6. The molecule has 0 bridgehead atoms. The standard InChI is InChI=1S/C18H22O2/c1-14(2)17-11-10-15(13-17)7-6-12-20-18(19)16-8-4-3-5-9-16/h3-10,14,17H,11-13H2,1-2H3/b7-6+. The minimum absolute atomic E-state index is 0.268. The maximum Gasteiger partial charge on any atom is 0.338 e. The Kier molecular flexibility index (Phi) is 5.16. The Bertz CT molecular complexity index is 497. The van der Waals surface area contributed by atoms with Gasteiger partial charge in [0, 0.05) is 0 Å². The third-order valence-electron chi connectivity index (χ3n) is 3.78. The van der Waals surface area contributed by atoms with Crippen LogP contribution in [-0.4, -0.2) is 12.6 Å². The van der Waals surface area contributed by atoms with Crippen molar-refractivity contribution in [2.75, 3.05) is 6.61 Å². The molecular formula is C18H22O2. The third-order valence-corrected chi connectivity index (χ3v) is 3.78.